The maximum atomic E-state index is 12.2. The monoisotopic (exact) mass is 260 g/mol. The summed E-state index contributed by atoms with van der Waals surface area (Å²) in [4.78, 5) is 14.3. The molecule has 1 saturated carbocycles. The van der Waals surface area contributed by atoms with Crippen LogP contribution in [0.15, 0.2) is 0 Å². The van der Waals surface area contributed by atoms with E-state index < -0.39 is 0 Å². The van der Waals surface area contributed by atoms with Crippen LogP contribution in [-0.2, 0) is 4.79 Å². The first-order valence-corrected chi connectivity index (χ1v) is 6.73. The van der Waals surface area contributed by atoms with E-state index >= 15 is 0 Å². The summed E-state index contributed by atoms with van der Waals surface area (Å²) in [6.07, 6.45) is 7.76. The predicted octanol–water partition coefficient (Wildman–Crippen LogP) is 2.33. The highest BCUT2D eigenvalue weighted by atomic mass is 35.5. The van der Waals surface area contributed by atoms with Crippen molar-refractivity contribution in [3.8, 4) is 0 Å². The molecule has 3 nitrogen and oxygen atoms in total. The predicted molar refractivity (Wildman–Crippen MR) is 72.2 cm³/mol. The van der Waals surface area contributed by atoms with Crippen molar-refractivity contribution in [1.82, 2.24) is 4.90 Å². The summed E-state index contributed by atoms with van der Waals surface area (Å²) in [6, 6.07) is 0.711. The molecule has 0 aromatic rings. The molecule has 1 aliphatic heterocycles. The van der Waals surface area contributed by atoms with Gasteiger partial charge in [0.2, 0.25) is 5.91 Å². The summed E-state index contributed by atoms with van der Waals surface area (Å²) in [6.45, 7) is 3.13. The lowest BCUT2D eigenvalue weighted by molar-refractivity contribution is -0.135. The third-order valence-corrected chi connectivity index (χ3v) is 4.28. The second kappa shape index (κ2) is 6.60. The van der Waals surface area contributed by atoms with Crippen molar-refractivity contribution in [2.45, 2.75) is 64.0 Å². The van der Waals surface area contributed by atoms with Crippen LogP contribution in [0, 0.1) is 5.92 Å². The van der Waals surface area contributed by atoms with Crippen molar-refractivity contribution in [2.24, 2.45) is 11.7 Å². The van der Waals surface area contributed by atoms with Crippen LogP contribution in [0.25, 0.3) is 0 Å². The molecule has 0 bridgehead atoms. The number of hydrogen-bond acceptors (Lipinski definition) is 2. The first kappa shape index (κ1) is 14.8. The van der Waals surface area contributed by atoms with Crippen LogP contribution in [-0.4, -0.2) is 29.4 Å². The first-order valence-electron chi connectivity index (χ1n) is 6.73. The summed E-state index contributed by atoms with van der Waals surface area (Å²) in [5, 5.41) is 0. The number of likely N-dealkylation sites (tertiary alicyclic amines) is 1. The maximum absolute atomic E-state index is 12.2. The van der Waals surface area contributed by atoms with Crippen LogP contribution < -0.4 is 5.73 Å². The number of rotatable bonds is 2. The number of hydrogen-bond donors (Lipinski definition) is 1. The van der Waals surface area contributed by atoms with Gasteiger partial charge in [0.1, 0.15) is 0 Å². The van der Waals surface area contributed by atoms with E-state index in [2.05, 4.69) is 11.8 Å². The van der Waals surface area contributed by atoms with Crippen LogP contribution in [0.1, 0.15) is 51.9 Å². The zero-order chi connectivity index (χ0) is 11.5. The maximum Gasteiger partial charge on any atom is 0.223 e. The number of amides is 1. The van der Waals surface area contributed by atoms with Crippen molar-refractivity contribution in [1.29, 1.82) is 0 Å². The van der Waals surface area contributed by atoms with E-state index in [1.54, 1.807) is 0 Å². The Morgan fingerprint density at radius 3 is 2.59 bits per heavy atom. The Bertz CT molecular complexity index is 260. The van der Waals surface area contributed by atoms with Gasteiger partial charge in [-0.05, 0) is 44.9 Å². The van der Waals surface area contributed by atoms with Crippen molar-refractivity contribution in [3.05, 3.63) is 0 Å². The van der Waals surface area contributed by atoms with E-state index in [-0.39, 0.29) is 18.4 Å². The van der Waals surface area contributed by atoms with Gasteiger partial charge in [0, 0.05) is 25.0 Å². The molecule has 0 aromatic carbocycles. The fourth-order valence-electron chi connectivity index (χ4n) is 3.13. The normalized spacial score (nSPS) is 33.3. The van der Waals surface area contributed by atoms with Crippen LogP contribution in [0.4, 0.5) is 0 Å². The summed E-state index contributed by atoms with van der Waals surface area (Å²) in [5.41, 5.74) is 6.02. The van der Waals surface area contributed by atoms with Gasteiger partial charge in [-0.15, -0.1) is 12.4 Å². The Morgan fingerprint density at radius 2 is 2.00 bits per heavy atom. The highest BCUT2D eigenvalue weighted by Gasteiger charge is 2.30. The lowest BCUT2D eigenvalue weighted by Gasteiger charge is -2.34. The van der Waals surface area contributed by atoms with Gasteiger partial charge in [-0.25, -0.2) is 0 Å². The van der Waals surface area contributed by atoms with Crippen LogP contribution in [0.3, 0.4) is 0 Å². The fourth-order valence-corrected chi connectivity index (χ4v) is 3.13. The molecule has 1 saturated heterocycles. The van der Waals surface area contributed by atoms with Gasteiger partial charge < -0.3 is 10.6 Å². The van der Waals surface area contributed by atoms with E-state index in [1.807, 2.05) is 0 Å². The molecule has 2 aliphatic rings. The minimum atomic E-state index is 0. The Kier molecular flexibility index (Phi) is 5.74. The second-order valence-electron chi connectivity index (χ2n) is 5.49. The highest BCUT2D eigenvalue weighted by Crippen LogP contribution is 2.28. The van der Waals surface area contributed by atoms with Crippen molar-refractivity contribution in [3.63, 3.8) is 0 Å². The molecule has 0 aromatic heterocycles. The quantitative estimate of drug-likeness (QED) is 0.828. The summed E-state index contributed by atoms with van der Waals surface area (Å²) in [5.74, 6) is 0.788. The number of carbonyl (C=O) groups is 1. The highest BCUT2D eigenvalue weighted by molar-refractivity contribution is 5.85. The minimum absolute atomic E-state index is 0. The summed E-state index contributed by atoms with van der Waals surface area (Å²) in [7, 11) is 0. The standard InChI is InChI=1S/C13H24N2O.ClH/c1-10-5-2-3-8-15(10)13(16)9-11-6-4-7-12(11)14;/h10-12H,2-9,14H2,1H3;1H/t10?,11-,12+;/m0./s1. The largest absolute Gasteiger partial charge is 0.340 e. The van der Waals surface area contributed by atoms with Crippen LogP contribution in [0.5, 0.6) is 0 Å². The number of carbonyl (C=O) groups excluding carboxylic acids is 1. The zero-order valence-corrected chi connectivity index (χ0v) is 11.5. The van der Waals surface area contributed by atoms with Gasteiger partial charge in [-0.2, -0.15) is 0 Å². The molecular weight excluding hydrogens is 236 g/mol. The van der Waals surface area contributed by atoms with Gasteiger partial charge in [0.05, 0.1) is 0 Å². The SMILES string of the molecule is CC1CCCCN1C(=O)C[C@@H]1CCC[C@H]1N.Cl. The molecule has 2 rings (SSSR count). The van der Waals surface area contributed by atoms with E-state index in [4.69, 9.17) is 5.73 Å². The van der Waals surface area contributed by atoms with Crippen LogP contribution in [0.2, 0.25) is 0 Å². The lowest BCUT2D eigenvalue weighted by atomic mass is 9.97. The molecular formula is C13H25ClN2O. The molecule has 1 amide bonds. The molecule has 1 unspecified atom stereocenters. The average molecular weight is 261 g/mol. The van der Waals surface area contributed by atoms with Gasteiger partial charge >= 0.3 is 0 Å². The van der Waals surface area contributed by atoms with Crippen LogP contribution >= 0.6 is 12.4 Å². The molecule has 3 atom stereocenters. The molecule has 2 fully saturated rings. The molecule has 1 heterocycles. The Balaban J connectivity index is 0.00000144. The Hall–Kier alpha value is -0.280. The number of piperidine rings is 1. The Labute approximate surface area is 111 Å². The van der Waals surface area contributed by atoms with E-state index in [0.717, 1.165) is 19.4 Å². The molecule has 0 radical (unpaired) electrons. The second-order valence-corrected chi connectivity index (χ2v) is 5.49. The number of nitrogens with zero attached hydrogens (tertiary/aromatic N) is 1. The summed E-state index contributed by atoms with van der Waals surface area (Å²) < 4.78 is 0. The fraction of sp³-hybridized carbons (Fsp3) is 0.923. The van der Waals surface area contributed by atoms with Gasteiger partial charge in [0.15, 0.2) is 0 Å². The van der Waals surface area contributed by atoms with Crippen molar-refractivity contribution >= 4 is 18.3 Å². The molecule has 1 aliphatic carbocycles. The van der Waals surface area contributed by atoms with E-state index in [0.29, 0.717) is 24.3 Å². The summed E-state index contributed by atoms with van der Waals surface area (Å²) >= 11 is 0. The number of nitrogens with two attached hydrogens (primary N) is 1. The molecule has 100 valence electrons. The Morgan fingerprint density at radius 1 is 1.24 bits per heavy atom. The van der Waals surface area contributed by atoms with Crippen molar-refractivity contribution in [2.75, 3.05) is 6.54 Å². The molecule has 4 heteroatoms. The van der Waals surface area contributed by atoms with Crippen molar-refractivity contribution < 1.29 is 4.79 Å². The lowest BCUT2D eigenvalue weighted by Crippen LogP contribution is -2.43. The van der Waals surface area contributed by atoms with E-state index in [1.165, 1.54) is 25.7 Å². The average Bonchev–Trinajstić information content (AvgIpc) is 2.65. The van der Waals surface area contributed by atoms with Gasteiger partial charge in [-0.1, -0.05) is 6.42 Å². The number of halogens is 1. The topological polar surface area (TPSA) is 46.3 Å². The molecule has 0 spiro atoms. The van der Waals surface area contributed by atoms with Gasteiger partial charge in [-0.3, -0.25) is 4.79 Å². The third-order valence-electron chi connectivity index (χ3n) is 4.28. The smallest absolute Gasteiger partial charge is 0.223 e. The van der Waals surface area contributed by atoms with Gasteiger partial charge in [0.25, 0.3) is 0 Å². The first-order chi connectivity index (χ1) is 7.68. The zero-order valence-electron chi connectivity index (χ0n) is 10.7. The third kappa shape index (κ3) is 3.59. The molecule has 17 heavy (non-hydrogen) atoms. The molecule has 2 N–H and O–H groups in total. The minimum Gasteiger partial charge on any atom is -0.340 e. The van der Waals surface area contributed by atoms with E-state index in [9.17, 15) is 4.79 Å².